The lowest BCUT2D eigenvalue weighted by Crippen LogP contribution is -2.38. The van der Waals surface area contributed by atoms with E-state index in [1.165, 1.54) is 7.11 Å². The van der Waals surface area contributed by atoms with E-state index in [4.69, 9.17) is 16.3 Å². The van der Waals surface area contributed by atoms with E-state index in [1.54, 1.807) is 18.2 Å². The van der Waals surface area contributed by atoms with Crippen molar-refractivity contribution in [2.75, 3.05) is 20.2 Å². The molecule has 0 fully saturated rings. The van der Waals surface area contributed by atoms with E-state index in [9.17, 15) is 15.2 Å². The summed E-state index contributed by atoms with van der Waals surface area (Å²) in [5.74, 6) is -0.352. The maximum absolute atomic E-state index is 12.7. The number of hydrogen-bond acceptors (Lipinski definition) is 7. The van der Waals surface area contributed by atoms with Gasteiger partial charge in [-0.3, -0.25) is 15.1 Å². The largest absolute Gasteiger partial charge is 0.505 e. The topological polar surface area (TPSA) is 120 Å². The highest BCUT2D eigenvalue weighted by molar-refractivity contribution is 6.35. The van der Waals surface area contributed by atoms with Crippen molar-refractivity contribution >= 4 is 23.5 Å². The highest BCUT2D eigenvalue weighted by atomic mass is 35.5. The monoisotopic (exact) mass is 371 g/mol. The predicted octanol–water partition coefficient (Wildman–Crippen LogP) is 1.68. The molecule has 8 nitrogen and oxygen atoms in total. The molecule has 1 amide bonds. The Morgan fingerprint density at radius 3 is 2.96 bits per heavy atom. The van der Waals surface area contributed by atoms with Gasteiger partial charge in [-0.25, -0.2) is 4.98 Å². The molecule has 0 unspecified atom stereocenters. The van der Waals surface area contributed by atoms with E-state index < -0.39 is 5.91 Å². The fourth-order valence-electron chi connectivity index (χ4n) is 2.59. The number of aromatic nitrogens is 1. The Kier molecular flexibility index (Phi) is 4.91. The molecule has 132 valence electrons. The van der Waals surface area contributed by atoms with Gasteiger partial charge in [0.25, 0.3) is 5.91 Å². The normalized spacial score (nSPS) is 12.7. The predicted molar refractivity (Wildman–Crippen MR) is 95.4 cm³/mol. The van der Waals surface area contributed by atoms with Crippen LogP contribution in [0.4, 0.5) is 0 Å². The van der Waals surface area contributed by atoms with Crippen LogP contribution >= 0.6 is 11.6 Å². The Labute approximate surface area is 154 Å². The van der Waals surface area contributed by atoms with Crippen LogP contribution in [0.25, 0.3) is 11.1 Å². The molecule has 0 radical (unpaired) electrons. The molecule has 0 saturated carbocycles. The lowest BCUT2D eigenvalue weighted by Gasteiger charge is -2.15. The first-order valence-corrected chi connectivity index (χ1v) is 7.99. The average molecular weight is 372 g/mol. The van der Waals surface area contributed by atoms with Crippen LogP contribution in [-0.4, -0.2) is 42.2 Å². The minimum atomic E-state index is -0.636. The van der Waals surface area contributed by atoms with Gasteiger partial charge in [0, 0.05) is 17.7 Å². The van der Waals surface area contributed by atoms with Crippen LogP contribution in [-0.2, 0) is 0 Å². The van der Waals surface area contributed by atoms with Crippen LogP contribution in [0.1, 0.15) is 16.1 Å². The summed E-state index contributed by atoms with van der Waals surface area (Å²) in [5.41, 5.74) is 0.289. The lowest BCUT2D eigenvalue weighted by molar-refractivity contribution is 0.0974. The number of carbonyl (C=O) groups excluding carboxylic acids is 1. The highest BCUT2D eigenvalue weighted by Gasteiger charge is 2.26. The molecule has 3 N–H and O–H groups in total. The van der Waals surface area contributed by atoms with Crippen molar-refractivity contribution in [2.45, 2.75) is 0 Å². The maximum Gasteiger partial charge on any atom is 0.262 e. The molecule has 2 aromatic rings. The van der Waals surface area contributed by atoms with Crippen LogP contribution in [0.3, 0.4) is 0 Å². The number of ether oxygens (including phenoxy) is 1. The molecule has 3 rings (SSSR count). The smallest absolute Gasteiger partial charge is 0.262 e. The molecule has 2 heterocycles. The average Bonchev–Trinajstić information content (AvgIpc) is 3.14. The van der Waals surface area contributed by atoms with Crippen molar-refractivity contribution in [1.29, 1.82) is 5.26 Å². The van der Waals surface area contributed by atoms with Gasteiger partial charge in [0.15, 0.2) is 5.96 Å². The van der Waals surface area contributed by atoms with Gasteiger partial charge in [-0.2, -0.15) is 5.26 Å². The molecule has 0 aliphatic carbocycles. The number of benzene rings is 1. The lowest BCUT2D eigenvalue weighted by atomic mass is 9.97. The molecule has 0 saturated heterocycles. The molecule has 1 aromatic carbocycles. The summed E-state index contributed by atoms with van der Waals surface area (Å²) < 4.78 is 5.19. The number of amides is 1. The summed E-state index contributed by atoms with van der Waals surface area (Å²) in [6.07, 6.45) is 1.05. The summed E-state index contributed by atoms with van der Waals surface area (Å²) in [6, 6.07) is 6.85. The Hall–Kier alpha value is -3.31. The number of carbonyl (C=O) groups is 1. The molecule has 26 heavy (non-hydrogen) atoms. The molecule has 0 bridgehead atoms. The van der Waals surface area contributed by atoms with Crippen molar-refractivity contribution in [3.63, 3.8) is 0 Å². The van der Waals surface area contributed by atoms with Gasteiger partial charge in [0.05, 0.1) is 30.4 Å². The van der Waals surface area contributed by atoms with E-state index in [-0.39, 0.29) is 27.6 Å². The quantitative estimate of drug-likeness (QED) is 0.755. The number of rotatable bonds is 3. The minimum absolute atomic E-state index is 0.0515. The van der Waals surface area contributed by atoms with Gasteiger partial charge in [0.1, 0.15) is 23.3 Å². The fraction of sp³-hybridized carbons (Fsp3) is 0.176. The first kappa shape index (κ1) is 17.5. The zero-order chi connectivity index (χ0) is 18.7. The highest BCUT2D eigenvalue weighted by Crippen LogP contribution is 2.40. The zero-order valence-electron chi connectivity index (χ0n) is 13.7. The number of aliphatic imine (C=N–C) groups is 1. The number of hydrogen-bond donors (Lipinski definition) is 3. The number of methoxy groups -OCH3 is 1. The number of nitriles is 1. The van der Waals surface area contributed by atoms with Crippen LogP contribution in [0, 0.1) is 11.3 Å². The molecule has 1 aromatic heterocycles. The van der Waals surface area contributed by atoms with E-state index in [0.717, 1.165) is 6.20 Å². The molecule has 1 aliphatic heterocycles. The molecule has 0 spiro atoms. The number of halogens is 1. The number of guanidine groups is 1. The number of aromatic hydroxyl groups is 1. The van der Waals surface area contributed by atoms with Gasteiger partial charge < -0.3 is 15.2 Å². The second-order valence-corrected chi connectivity index (χ2v) is 5.66. The summed E-state index contributed by atoms with van der Waals surface area (Å²) in [5, 5.41) is 25.4. The van der Waals surface area contributed by atoms with E-state index in [0.29, 0.717) is 30.4 Å². The van der Waals surface area contributed by atoms with Crippen LogP contribution in [0.2, 0.25) is 5.02 Å². The Bertz CT molecular complexity index is 952. The summed E-state index contributed by atoms with van der Waals surface area (Å²) in [7, 11) is 1.45. The van der Waals surface area contributed by atoms with E-state index in [2.05, 4.69) is 20.6 Å². The van der Waals surface area contributed by atoms with Crippen LogP contribution < -0.4 is 15.4 Å². The third-order valence-corrected chi connectivity index (χ3v) is 4.14. The minimum Gasteiger partial charge on any atom is -0.505 e. The van der Waals surface area contributed by atoms with E-state index >= 15 is 0 Å². The van der Waals surface area contributed by atoms with Gasteiger partial charge >= 0.3 is 0 Å². The number of nitrogens with one attached hydrogen (secondary N) is 2. The SMILES string of the molecule is COc1cccc(-c2c(C#N)ncc(O)c2C(=O)NC2=NCCN2)c1Cl. The van der Waals surface area contributed by atoms with Crippen LogP contribution in [0.15, 0.2) is 29.4 Å². The van der Waals surface area contributed by atoms with Crippen LogP contribution in [0.5, 0.6) is 11.5 Å². The first-order chi connectivity index (χ1) is 12.6. The second-order valence-electron chi connectivity index (χ2n) is 5.29. The van der Waals surface area contributed by atoms with Crippen molar-refractivity contribution in [1.82, 2.24) is 15.6 Å². The first-order valence-electron chi connectivity index (χ1n) is 7.61. The summed E-state index contributed by atoms with van der Waals surface area (Å²) in [6.45, 7) is 1.14. The van der Waals surface area contributed by atoms with Gasteiger partial charge in [-0.1, -0.05) is 23.7 Å². The Morgan fingerprint density at radius 2 is 2.31 bits per heavy atom. The molecular formula is C17H14ClN5O3. The summed E-state index contributed by atoms with van der Waals surface area (Å²) >= 11 is 6.36. The van der Waals surface area contributed by atoms with Gasteiger partial charge in [-0.05, 0) is 6.07 Å². The Balaban J connectivity index is 2.19. The Morgan fingerprint density at radius 1 is 1.50 bits per heavy atom. The standard InChI is InChI=1S/C17H14ClN5O3/c1-26-12-4-2-3-9(15(12)18)13-10(7-19)22-8-11(24)14(13)16(25)23-17-20-5-6-21-17/h2-4,8,24H,5-6H2,1H3,(H2,20,21,23,25). The molecular weight excluding hydrogens is 358 g/mol. The van der Waals surface area contributed by atoms with Gasteiger partial charge in [-0.15, -0.1) is 0 Å². The molecule has 9 heteroatoms. The third kappa shape index (κ3) is 3.12. The third-order valence-electron chi connectivity index (χ3n) is 3.75. The zero-order valence-corrected chi connectivity index (χ0v) is 14.5. The van der Waals surface area contributed by atoms with Crippen molar-refractivity contribution in [3.05, 3.63) is 40.7 Å². The van der Waals surface area contributed by atoms with Crippen molar-refractivity contribution in [2.24, 2.45) is 4.99 Å². The molecule has 0 atom stereocenters. The van der Waals surface area contributed by atoms with Crippen molar-refractivity contribution < 1.29 is 14.6 Å². The van der Waals surface area contributed by atoms with Crippen molar-refractivity contribution in [3.8, 4) is 28.7 Å². The van der Waals surface area contributed by atoms with Gasteiger partial charge in [0.2, 0.25) is 0 Å². The summed E-state index contributed by atoms with van der Waals surface area (Å²) in [4.78, 5) is 20.7. The number of pyridine rings is 1. The fourth-order valence-corrected chi connectivity index (χ4v) is 2.89. The molecule has 1 aliphatic rings. The number of nitrogens with zero attached hydrogens (tertiary/aromatic N) is 3. The van der Waals surface area contributed by atoms with E-state index in [1.807, 2.05) is 6.07 Å². The second kappa shape index (κ2) is 7.29. The maximum atomic E-state index is 12.7.